The van der Waals surface area contributed by atoms with Crippen molar-refractivity contribution in [3.05, 3.63) is 48.1 Å². The number of rotatable bonds is 5. The summed E-state index contributed by atoms with van der Waals surface area (Å²) in [5.41, 5.74) is 0. The molecule has 0 aliphatic heterocycles. The average molecular weight is 287 g/mol. The summed E-state index contributed by atoms with van der Waals surface area (Å²) < 4.78 is 51.9. The van der Waals surface area contributed by atoms with Crippen LogP contribution < -0.4 is 4.72 Å². The Kier molecular flexibility index (Phi) is 3.91. The highest BCUT2D eigenvalue weighted by atomic mass is 32.2. The molecule has 0 bridgehead atoms. The zero-order chi connectivity index (χ0) is 13.9. The predicted molar refractivity (Wildman–Crippen MR) is 63.8 cm³/mol. The quantitative estimate of drug-likeness (QED) is 0.868. The molecule has 2 N–H and O–H groups in total. The highest BCUT2D eigenvalue weighted by molar-refractivity contribution is 7.89. The molecule has 0 atom stereocenters. The van der Waals surface area contributed by atoms with Gasteiger partial charge in [-0.15, -0.1) is 0 Å². The molecule has 0 aliphatic carbocycles. The lowest BCUT2D eigenvalue weighted by Crippen LogP contribution is -2.27. The number of halogens is 2. The first kappa shape index (κ1) is 13.6. The molecule has 0 saturated heterocycles. The number of hydrogen-bond acceptors (Lipinski definition) is 3. The van der Waals surface area contributed by atoms with Gasteiger partial charge < -0.3 is 4.98 Å². The molecule has 0 saturated carbocycles. The van der Waals surface area contributed by atoms with Crippen LogP contribution >= 0.6 is 0 Å². The number of nitrogens with zero attached hydrogens (tertiary/aromatic N) is 1. The van der Waals surface area contributed by atoms with Gasteiger partial charge >= 0.3 is 0 Å². The summed E-state index contributed by atoms with van der Waals surface area (Å²) in [6.07, 6.45) is 3.50. The van der Waals surface area contributed by atoms with Crippen molar-refractivity contribution < 1.29 is 17.2 Å². The Morgan fingerprint density at radius 1 is 1.32 bits per heavy atom. The molecule has 5 nitrogen and oxygen atoms in total. The number of aromatic amines is 1. The molecular formula is C11H11F2N3O2S. The van der Waals surface area contributed by atoms with Gasteiger partial charge in [-0.3, -0.25) is 0 Å². The van der Waals surface area contributed by atoms with Crippen molar-refractivity contribution in [1.29, 1.82) is 0 Å². The van der Waals surface area contributed by atoms with Crippen LogP contribution in [0.4, 0.5) is 8.78 Å². The summed E-state index contributed by atoms with van der Waals surface area (Å²) in [4.78, 5) is 6.16. The first-order valence-electron chi connectivity index (χ1n) is 5.42. The van der Waals surface area contributed by atoms with Gasteiger partial charge in [0, 0.05) is 31.4 Å². The molecule has 0 spiro atoms. The van der Waals surface area contributed by atoms with Crippen molar-refractivity contribution in [3.63, 3.8) is 0 Å². The van der Waals surface area contributed by atoms with Crippen LogP contribution in [0.2, 0.25) is 0 Å². The molecule has 2 aromatic rings. The van der Waals surface area contributed by atoms with Crippen LogP contribution in [-0.4, -0.2) is 24.9 Å². The number of aromatic nitrogens is 2. The summed E-state index contributed by atoms with van der Waals surface area (Å²) >= 11 is 0. The van der Waals surface area contributed by atoms with Gasteiger partial charge in [0.2, 0.25) is 10.0 Å². The van der Waals surface area contributed by atoms with Gasteiger partial charge in [0.25, 0.3) is 0 Å². The van der Waals surface area contributed by atoms with Crippen molar-refractivity contribution in [1.82, 2.24) is 14.7 Å². The molecule has 0 radical (unpaired) electrons. The van der Waals surface area contributed by atoms with E-state index in [1.807, 2.05) is 0 Å². The Labute approximate surface area is 108 Å². The Morgan fingerprint density at radius 2 is 2.11 bits per heavy atom. The van der Waals surface area contributed by atoms with E-state index >= 15 is 0 Å². The molecular weight excluding hydrogens is 276 g/mol. The smallest absolute Gasteiger partial charge is 0.243 e. The van der Waals surface area contributed by atoms with Crippen LogP contribution in [-0.2, 0) is 16.4 Å². The molecule has 102 valence electrons. The fourth-order valence-electron chi connectivity index (χ4n) is 1.51. The number of sulfonamides is 1. The first-order chi connectivity index (χ1) is 8.99. The van der Waals surface area contributed by atoms with E-state index in [9.17, 15) is 17.2 Å². The van der Waals surface area contributed by atoms with Crippen LogP contribution in [0.5, 0.6) is 0 Å². The van der Waals surface area contributed by atoms with Gasteiger partial charge in [-0.25, -0.2) is 26.9 Å². The van der Waals surface area contributed by atoms with E-state index in [2.05, 4.69) is 14.7 Å². The molecule has 8 heteroatoms. The molecule has 0 unspecified atom stereocenters. The monoisotopic (exact) mass is 287 g/mol. The Bertz CT molecular complexity index is 657. The Morgan fingerprint density at radius 3 is 2.74 bits per heavy atom. The second kappa shape index (κ2) is 5.45. The van der Waals surface area contributed by atoms with Crippen molar-refractivity contribution in [2.24, 2.45) is 0 Å². The fraction of sp³-hybridized carbons (Fsp3) is 0.182. The topological polar surface area (TPSA) is 74.8 Å². The van der Waals surface area contributed by atoms with E-state index in [-0.39, 0.29) is 6.54 Å². The lowest BCUT2D eigenvalue weighted by atomic mass is 10.3. The molecule has 0 aliphatic rings. The number of imidazole rings is 1. The molecule has 1 aromatic carbocycles. The second-order valence-corrected chi connectivity index (χ2v) is 5.49. The second-order valence-electron chi connectivity index (χ2n) is 3.76. The minimum atomic E-state index is -3.99. The van der Waals surface area contributed by atoms with Crippen LogP contribution in [0.15, 0.2) is 35.5 Å². The van der Waals surface area contributed by atoms with Gasteiger partial charge in [-0.2, -0.15) is 0 Å². The van der Waals surface area contributed by atoms with Crippen LogP contribution in [0.25, 0.3) is 0 Å². The maximum absolute atomic E-state index is 13.4. The zero-order valence-electron chi connectivity index (χ0n) is 9.73. The predicted octanol–water partition coefficient (Wildman–Crippen LogP) is 1.21. The van der Waals surface area contributed by atoms with Gasteiger partial charge in [0.05, 0.1) is 0 Å². The van der Waals surface area contributed by atoms with E-state index in [0.29, 0.717) is 18.3 Å². The molecule has 0 amide bonds. The van der Waals surface area contributed by atoms with E-state index in [0.717, 1.165) is 12.1 Å². The van der Waals surface area contributed by atoms with Gasteiger partial charge in [0.1, 0.15) is 22.4 Å². The number of benzene rings is 1. The summed E-state index contributed by atoms with van der Waals surface area (Å²) in [5, 5.41) is 0. The fourth-order valence-corrected chi connectivity index (χ4v) is 2.60. The van der Waals surface area contributed by atoms with E-state index in [1.54, 1.807) is 12.4 Å². The van der Waals surface area contributed by atoms with Crippen LogP contribution in [0.3, 0.4) is 0 Å². The molecule has 1 aromatic heterocycles. The summed E-state index contributed by atoms with van der Waals surface area (Å²) in [5.74, 6) is -1.33. The molecule has 19 heavy (non-hydrogen) atoms. The molecule has 0 fully saturated rings. The highest BCUT2D eigenvalue weighted by Gasteiger charge is 2.18. The molecule has 2 rings (SSSR count). The van der Waals surface area contributed by atoms with Crippen LogP contribution in [0, 0.1) is 11.6 Å². The first-order valence-corrected chi connectivity index (χ1v) is 6.90. The summed E-state index contributed by atoms with van der Waals surface area (Å²) in [7, 11) is -3.99. The Balaban J connectivity index is 2.05. The van der Waals surface area contributed by atoms with Crippen molar-refractivity contribution in [2.45, 2.75) is 11.3 Å². The van der Waals surface area contributed by atoms with E-state index in [1.165, 1.54) is 0 Å². The van der Waals surface area contributed by atoms with Crippen molar-refractivity contribution >= 4 is 10.0 Å². The number of nitrogens with one attached hydrogen (secondary N) is 2. The average Bonchev–Trinajstić information content (AvgIpc) is 2.81. The zero-order valence-corrected chi connectivity index (χ0v) is 10.5. The SMILES string of the molecule is O=S(=O)(NCCc1ncc[nH]1)c1ccc(F)cc1F. The normalized spacial score (nSPS) is 11.7. The third-order valence-corrected chi connectivity index (χ3v) is 3.89. The standard InChI is InChI=1S/C11H11F2N3O2S/c12-8-1-2-10(9(13)7-8)19(17,18)16-4-3-11-14-5-6-15-11/h1-2,5-7,16H,3-4H2,(H,14,15). The summed E-state index contributed by atoms with van der Waals surface area (Å²) in [6, 6.07) is 2.31. The maximum atomic E-state index is 13.4. The minimum Gasteiger partial charge on any atom is -0.349 e. The number of H-pyrrole nitrogens is 1. The van der Waals surface area contributed by atoms with Gasteiger partial charge in [0.15, 0.2) is 0 Å². The third kappa shape index (κ3) is 3.36. The Hall–Kier alpha value is -1.80. The van der Waals surface area contributed by atoms with Gasteiger partial charge in [-0.1, -0.05) is 0 Å². The summed E-state index contributed by atoms with van der Waals surface area (Å²) in [6.45, 7) is 0.0622. The maximum Gasteiger partial charge on any atom is 0.243 e. The van der Waals surface area contributed by atoms with E-state index in [4.69, 9.17) is 0 Å². The minimum absolute atomic E-state index is 0.0622. The lowest BCUT2D eigenvalue weighted by Gasteiger charge is -2.06. The number of hydrogen-bond donors (Lipinski definition) is 2. The lowest BCUT2D eigenvalue weighted by molar-refractivity contribution is 0.543. The molecule has 1 heterocycles. The van der Waals surface area contributed by atoms with Gasteiger partial charge in [-0.05, 0) is 12.1 Å². The van der Waals surface area contributed by atoms with Crippen molar-refractivity contribution in [3.8, 4) is 0 Å². The van der Waals surface area contributed by atoms with Crippen molar-refractivity contribution in [2.75, 3.05) is 6.54 Å². The van der Waals surface area contributed by atoms with Crippen LogP contribution in [0.1, 0.15) is 5.82 Å². The van der Waals surface area contributed by atoms with E-state index < -0.39 is 26.6 Å². The largest absolute Gasteiger partial charge is 0.349 e. The highest BCUT2D eigenvalue weighted by Crippen LogP contribution is 2.15. The third-order valence-electron chi connectivity index (χ3n) is 2.39.